The van der Waals surface area contributed by atoms with Crippen molar-refractivity contribution in [2.24, 2.45) is 0 Å². The first-order valence-corrected chi connectivity index (χ1v) is 6.48. The summed E-state index contributed by atoms with van der Waals surface area (Å²) in [4.78, 5) is 19.4. The third-order valence-corrected chi connectivity index (χ3v) is 3.31. The van der Waals surface area contributed by atoms with E-state index >= 15 is 0 Å². The third kappa shape index (κ3) is 3.93. The van der Waals surface area contributed by atoms with Gasteiger partial charge in [-0.1, -0.05) is 0 Å². The zero-order valence-electron chi connectivity index (χ0n) is 10.6. The summed E-state index contributed by atoms with van der Waals surface area (Å²) in [5.41, 5.74) is 1.35. The molecule has 0 aliphatic heterocycles. The number of carbonyl (C=O) groups is 1. The van der Waals surface area contributed by atoms with Gasteiger partial charge in [-0.05, 0) is 19.9 Å². The van der Waals surface area contributed by atoms with Crippen molar-refractivity contribution < 1.29 is 13.2 Å². The summed E-state index contributed by atoms with van der Waals surface area (Å²) in [6, 6.07) is 0.827. The Hall–Kier alpha value is -1.74. The molecule has 0 radical (unpaired) electrons. The quantitative estimate of drug-likeness (QED) is 0.808. The number of amides is 2. The lowest BCUT2D eigenvalue weighted by molar-refractivity contribution is 0.256. The highest BCUT2D eigenvalue weighted by Crippen LogP contribution is 2.03. The second-order valence-electron chi connectivity index (χ2n) is 3.82. The minimum atomic E-state index is -3.82. The van der Waals surface area contributed by atoms with Crippen molar-refractivity contribution in [2.75, 3.05) is 19.4 Å². The largest absolute Gasteiger partial charge is 0.336 e. The molecule has 2 N–H and O–H groups in total. The van der Waals surface area contributed by atoms with E-state index in [1.165, 1.54) is 14.1 Å². The van der Waals surface area contributed by atoms with Gasteiger partial charge < -0.3 is 0 Å². The number of hydrogen-bond acceptors (Lipinski definition) is 5. The fourth-order valence-corrected chi connectivity index (χ4v) is 1.59. The van der Waals surface area contributed by atoms with Gasteiger partial charge in [0, 0.05) is 25.5 Å². The number of nitrogens with one attached hydrogen (secondary N) is 2. The van der Waals surface area contributed by atoms with Crippen LogP contribution in [0.15, 0.2) is 6.07 Å². The lowest BCUT2D eigenvalue weighted by Gasteiger charge is -2.12. The van der Waals surface area contributed by atoms with E-state index in [2.05, 4.69) is 15.3 Å². The van der Waals surface area contributed by atoms with Crippen LogP contribution in [0.4, 0.5) is 10.7 Å². The highest BCUT2D eigenvalue weighted by molar-refractivity contribution is 7.87. The fourth-order valence-electron chi connectivity index (χ4n) is 1.12. The maximum absolute atomic E-state index is 11.4. The van der Waals surface area contributed by atoms with Crippen LogP contribution in [0.3, 0.4) is 0 Å². The number of carbonyl (C=O) groups excluding carboxylic acids is 1. The van der Waals surface area contributed by atoms with E-state index in [4.69, 9.17) is 0 Å². The second kappa shape index (κ2) is 5.27. The van der Waals surface area contributed by atoms with E-state index in [1.807, 2.05) is 4.72 Å². The first kappa shape index (κ1) is 14.3. The first-order valence-electron chi connectivity index (χ1n) is 5.04. The molecule has 0 saturated heterocycles. The number of aromatic nitrogens is 2. The van der Waals surface area contributed by atoms with Crippen LogP contribution in [0.25, 0.3) is 0 Å². The maximum Gasteiger partial charge on any atom is 0.336 e. The molecular formula is C9H15N5O3S. The molecule has 2 amide bonds. The molecular weight excluding hydrogens is 258 g/mol. The summed E-state index contributed by atoms with van der Waals surface area (Å²) >= 11 is 0. The van der Waals surface area contributed by atoms with Crippen molar-refractivity contribution in [1.82, 2.24) is 19.0 Å². The first-order chi connectivity index (χ1) is 8.20. The van der Waals surface area contributed by atoms with Gasteiger partial charge in [0.05, 0.1) is 0 Å². The van der Waals surface area contributed by atoms with Gasteiger partial charge in [-0.25, -0.2) is 19.5 Å². The monoisotopic (exact) mass is 273 g/mol. The minimum Gasteiger partial charge on any atom is -0.275 e. The van der Waals surface area contributed by atoms with E-state index in [9.17, 15) is 13.2 Å². The molecule has 18 heavy (non-hydrogen) atoms. The summed E-state index contributed by atoms with van der Waals surface area (Å²) < 4.78 is 25.5. The summed E-state index contributed by atoms with van der Waals surface area (Å²) in [6.45, 7) is 3.49. The van der Waals surface area contributed by atoms with E-state index in [0.717, 1.165) is 4.31 Å². The number of hydrogen-bond donors (Lipinski definition) is 2. The standard InChI is InChI=1S/C9H15N5O3S/c1-6-5-7(2)11-8(10-6)12-9(15)13-18(16,17)14(3)4/h5H,1-4H3,(H2,10,11,12,13,15). The molecule has 0 bridgehead atoms. The van der Waals surface area contributed by atoms with Crippen LogP contribution in [0, 0.1) is 13.8 Å². The van der Waals surface area contributed by atoms with Crippen LogP contribution in [0.1, 0.15) is 11.4 Å². The average Bonchev–Trinajstić information content (AvgIpc) is 2.13. The fraction of sp³-hybridized carbons (Fsp3) is 0.444. The zero-order valence-corrected chi connectivity index (χ0v) is 11.4. The van der Waals surface area contributed by atoms with Crippen LogP contribution in [-0.4, -0.2) is 42.8 Å². The average molecular weight is 273 g/mol. The molecule has 0 spiro atoms. The van der Waals surface area contributed by atoms with Crippen LogP contribution < -0.4 is 10.0 Å². The highest BCUT2D eigenvalue weighted by Gasteiger charge is 2.17. The van der Waals surface area contributed by atoms with Gasteiger partial charge in [0.1, 0.15) is 0 Å². The summed E-state index contributed by atoms with van der Waals surface area (Å²) in [5, 5.41) is 2.26. The van der Waals surface area contributed by atoms with Gasteiger partial charge in [-0.3, -0.25) is 5.32 Å². The van der Waals surface area contributed by atoms with Crippen molar-refractivity contribution in [1.29, 1.82) is 0 Å². The Bertz CT molecular complexity index is 535. The minimum absolute atomic E-state index is 0.0546. The topological polar surface area (TPSA) is 104 Å². The maximum atomic E-state index is 11.4. The van der Waals surface area contributed by atoms with Crippen LogP contribution in [-0.2, 0) is 10.2 Å². The van der Waals surface area contributed by atoms with E-state index in [0.29, 0.717) is 11.4 Å². The van der Waals surface area contributed by atoms with Gasteiger partial charge in [0.25, 0.3) is 0 Å². The molecule has 0 unspecified atom stereocenters. The van der Waals surface area contributed by atoms with Crippen molar-refractivity contribution >= 4 is 22.2 Å². The lowest BCUT2D eigenvalue weighted by Crippen LogP contribution is -2.41. The van der Waals surface area contributed by atoms with Gasteiger partial charge in [-0.2, -0.15) is 12.7 Å². The predicted molar refractivity (Wildman–Crippen MR) is 66.3 cm³/mol. The van der Waals surface area contributed by atoms with Crippen molar-refractivity contribution in [2.45, 2.75) is 13.8 Å². The Kier molecular flexibility index (Phi) is 4.19. The molecule has 1 heterocycles. The Morgan fingerprint density at radius 3 is 2.17 bits per heavy atom. The lowest BCUT2D eigenvalue weighted by atomic mass is 10.4. The third-order valence-electron chi connectivity index (χ3n) is 1.91. The number of nitrogens with zero attached hydrogens (tertiary/aromatic N) is 3. The van der Waals surface area contributed by atoms with Crippen molar-refractivity contribution in [3.8, 4) is 0 Å². The van der Waals surface area contributed by atoms with Crippen molar-refractivity contribution in [3.63, 3.8) is 0 Å². The van der Waals surface area contributed by atoms with Crippen LogP contribution in [0.5, 0.6) is 0 Å². The normalized spacial score (nSPS) is 11.4. The van der Waals surface area contributed by atoms with E-state index < -0.39 is 16.2 Å². The molecule has 1 aromatic rings. The molecule has 100 valence electrons. The Labute approximate surface area is 106 Å². The molecule has 0 aromatic carbocycles. The Morgan fingerprint density at radius 1 is 1.22 bits per heavy atom. The van der Waals surface area contributed by atoms with Crippen LogP contribution in [0.2, 0.25) is 0 Å². The molecule has 0 aliphatic carbocycles. The Morgan fingerprint density at radius 2 is 1.72 bits per heavy atom. The summed E-state index contributed by atoms with van der Waals surface area (Å²) in [6.07, 6.45) is 0. The molecule has 1 rings (SSSR count). The second-order valence-corrected chi connectivity index (χ2v) is 5.70. The number of anilines is 1. The van der Waals surface area contributed by atoms with Gasteiger partial charge in [-0.15, -0.1) is 0 Å². The molecule has 0 fully saturated rings. The van der Waals surface area contributed by atoms with Gasteiger partial charge in [0.2, 0.25) is 5.95 Å². The molecule has 0 saturated carbocycles. The van der Waals surface area contributed by atoms with Gasteiger partial charge in [0.15, 0.2) is 0 Å². The summed E-state index contributed by atoms with van der Waals surface area (Å²) in [7, 11) is -1.21. The number of rotatable bonds is 3. The smallest absolute Gasteiger partial charge is 0.275 e. The summed E-state index contributed by atoms with van der Waals surface area (Å²) in [5.74, 6) is 0.0546. The highest BCUT2D eigenvalue weighted by atomic mass is 32.2. The zero-order chi connectivity index (χ0) is 13.9. The predicted octanol–water partition coefficient (Wildman–Crippen LogP) is 0.0213. The Balaban J connectivity index is 2.77. The molecule has 0 atom stereocenters. The van der Waals surface area contributed by atoms with Crippen LogP contribution >= 0.6 is 0 Å². The molecule has 1 aromatic heterocycles. The molecule has 8 nitrogen and oxygen atoms in total. The SMILES string of the molecule is Cc1cc(C)nc(NC(=O)NS(=O)(=O)N(C)C)n1. The van der Waals surface area contributed by atoms with Gasteiger partial charge >= 0.3 is 16.2 Å². The van der Waals surface area contributed by atoms with E-state index in [-0.39, 0.29) is 5.95 Å². The number of aryl methyl sites for hydroxylation is 2. The van der Waals surface area contributed by atoms with Crippen molar-refractivity contribution in [3.05, 3.63) is 17.5 Å². The number of urea groups is 1. The molecule has 0 aliphatic rings. The molecule has 9 heteroatoms. The van der Waals surface area contributed by atoms with E-state index in [1.54, 1.807) is 19.9 Å².